The van der Waals surface area contributed by atoms with E-state index in [2.05, 4.69) is 31.1 Å². The predicted octanol–water partition coefficient (Wildman–Crippen LogP) is 4.31. The van der Waals surface area contributed by atoms with Crippen molar-refractivity contribution in [3.8, 4) is 0 Å². The summed E-state index contributed by atoms with van der Waals surface area (Å²) in [7, 11) is -3.82. The van der Waals surface area contributed by atoms with Gasteiger partial charge in [0.1, 0.15) is 9.90 Å². The lowest BCUT2D eigenvalue weighted by Crippen LogP contribution is -2.28. The van der Waals surface area contributed by atoms with Gasteiger partial charge in [0, 0.05) is 36.0 Å². The minimum Gasteiger partial charge on any atom is -0.375 e. The highest BCUT2D eigenvalue weighted by Crippen LogP contribution is 2.34. The summed E-state index contributed by atoms with van der Waals surface area (Å²) in [6.07, 6.45) is 1.59. The first kappa shape index (κ1) is 21.7. The Bertz CT molecular complexity index is 1010. The Morgan fingerprint density at radius 3 is 2.48 bits per heavy atom. The molecule has 0 amide bonds. The minimum atomic E-state index is -3.82. The van der Waals surface area contributed by atoms with Crippen molar-refractivity contribution in [2.75, 3.05) is 18.4 Å². The summed E-state index contributed by atoms with van der Waals surface area (Å²) in [6.45, 7) is 9.02. The van der Waals surface area contributed by atoms with Crippen LogP contribution in [-0.2, 0) is 15.4 Å². The average molecular weight is 439 g/mol. The van der Waals surface area contributed by atoms with Gasteiger partial charge >= 0.3 is 0 Å². The highest BCUT2D eigenvalue weighted by atomic mass is 32.2. The zero-order chi connectivity index (χ0) is 21.4. The van der Waals surface area contributed by atoms with E-state index in [1.807, 2.05) is 12.3 Å². The molecule has 1 atom stereocenters. The molecule has 1 aromatic heterocycles. The minimum absolute atomic E-state index is 0.0620. The molecule has 0 bridgehead atoms. The fourth-order valence-corrected chi connectivity index (χ4v) is 5.90. The molecule has 1 aliphatic heterocycles. The smallest absolute Gasteiger partial charge is 0.270 e. The number of sulfonamides is 1. The molecule has 1 N–H and O–H groups in total. The first-order valence-corrected chi connectivity index (χ1v) is 11.8. The number of non-ortho nitro benzene ring substituents is 1. The average Bonchev–Trinajstić information content (AvgIpc) is 3.33. The van der Waals surface area contributed by atoms with Gasteiger partial charge in [-0.1, -0.05) is 20.8 Å². The monoisotopic (exact) mass is 438 g/mol. The summed E-state index contributed by atoms with van der Waals surface area (Å²) < 4.78 is 27.7. The fourth-order valence-electron chi connectivity index (χ4n) is 3.15. The summed E-state index contributed by atoms with van der Waals surface area (Å²) in [5.41, 5.74) is 0.999. The molecular formula is C19H26N4O4S2. The van der Waals surface area contributed by atoms with E-state index in [0.717, 1.165) is 29.6 Å². The van der Waals surface area contributed by atoms with Crippen LogP contribution in [-0.4, -0.2) is 35.7 Å². The van der Waals surface area contributed by atoms with Gasteiger partial charge in [0.2, 0.25) is 10.0 Å². The number of rotatable bonds is 6. The Morgan fingerprint density at radius 1 is 1.28 bits per heavy atom. The lowest BCUT2D eigenvalue weighted by atomic mass is 9.93. The van der Waals surface area contributed by atoms with Crippen molar-refractivity contribution in [2.24, 2.45) is 0 Å². The SMILES string of the molecule is CC(Nc1ccc([N+](=O)[O-])cc1S(=O)(=O)N1CCCC1)c1nc(C(C)(C)C)cs1. The molecular weight excluding hydrogens is 412 g/mol. The van der Waals surface area contributed by atoms with Crippen LogP contribution in [0.3, 0.4) is 0 Å². The molecule has 8 nitrogen and oxygen atoms in total. The normalized spacial score (nSPS) is 16.7. The lowest BCUT2D eigenvalue weighted by Gasteiger charge is -2.21. The number of hydrogen-bond donors (Lipinski definition) is 1. The van der Waals surface area contributed by atoms with Crippen molar-refractivity contribution in [1.29, 1.82) is 0 Å². The molecule has 0 saturated carbocycles. The molecule has 10 heteroatoms. The number of nitro groups is 1. The van der Waals surface area contributed by atoms with E-state index in [9.17, 15) is 18.5 Å². The molecule has 0 aliphatic carbocycles. The van der Waals surface area contributed by atoms with E-state index in [4.69, 9.17) is 0 Å². The maximum absolute atomic E-state index is 13.1. The number of aromatic nitrogens is 1. The van der Waals surface area contributed by atoms with Crippen molar-refractivity contribution < 1.29 is 13.3 Å². The first-order valence-electron chi connectivity index (χ1n) is 9.51. The van der Waals surface area contributed by atoms with E-state index < -0.39 is 14.9 Å². The van der Waals surface area contributed by atoms with Gasteiger partial charge in [-0.2, -0.15) is 4.31 Å². The van der Waals surface area contributed by atoms with E-state index in [1.54, 1.807) is 0 Å². The summed E-state index contributed by atoms with van der Waals surface area (Å²) >= 11 is 1.51. The van der Waals surface area contributed by atoms with Crippen LogP contribution in [0.15, 0.2) is 28.5 Å². The summed E-state index contributed by atoms with van der Waals surface area (Å²) in [5.74, 6) is 0. The second kappa shape index (κ2) is 8.00. The Kier molecular flexibility index (Phi) is 5.98. The van der Waals surface area contributed by atoms with Gasteiger partial charge in [0.05, 0.1) is 22.3 Å². The van der Waals surface area contributed by atoms with Crippen LogP contribution in [0, 0.1) is 10.1 Å². The number of nitrogens with one attached hydrogen (secondary N) is 1. The van der Waals surface area contributed by atoms with Gasteiger partial charge in [-0.3, -0.25) is 10.1 Å². The Balaban J connectivity index is 1.96. The number of thiazole rings is 1. The molecule has 158 valence electrons. The van der Waals surface area contributed by atoms with Crippen LogP contribution in [0.4, 0.5) is 11.4 Å². The predicted molar refractivity (Wildman–Crippen MR) is 114 cm³/mol. The third-order valence-corrected chi connectivity index (χ3v) is 7.86. The third kappa shape index (κ3) is 4.59. The van der Waals surface area contributed by atoms with E-state index >= 15 is 0 Å². The number of nitrogens with zero attached hydrogens (tertiary/aromatic N) is 3. The van der Waals surface area contributed by atoms with Crippen LogP contribution in [0.5, 0.6) is 0 Å². The number of benzene rings is 1. The largest absolute Gasteiger partial charge is 0.375 e. The maximum Gasteiger partial charge on any atom is 0.270 e. The molecule has 1 fully saturated rings. The zero-order valence-corrected chi connectivity index (χ0v) is 18.6. The van der Waals surface area contributed by atoms with Gasteiger partial charge in [-0.25, -0.2) is 13.4 Å². The molecule has 1 saturated heterocycles. The molecule has 3 rings (SSSR count). The molecule has 2 aromatic rings. The van der Waals surface area contributed by atoms with Gasteiger partial charge in [-0.05, 0) is 25.8 Å². The van der Waals surface area contributed by atoms with E-state index in [-0.39, 0.29) is 22.0 Å². The fraction of sp³-hybridized carbons (Fsp3) is 0.526. The number of nitro benzene ring substituents is 1. The molecule has 1 aliphatic rings. The van der Waals surface area contributed by atoms with Crippen molar-refractivity contribution >= 4 is 32.7 Å². The van der Waals surface area contributed by atoms with Crippen LogP contribution in [0.2, 0.25) is 0 Å². The highest BCUT2D eigenvalue weighted by Gasteiger charge is 2.31. The molecule has 0 spiro atoms. The Hall–Kier alpha value is -2.04. The number of anilines is 1. The van der Waals surface area contributed by atoms with Crippen LogP contribution in [0.1, 0.15) is 57.3 Å². The zero-order valence-electron chi connectivity index (χ0n) is 17.0. The standard InChI is InChI=1S/C19H26N4O4S2/c1-13(18-21-17(12-28-18)19(2,3)4)20-15-8-7-14(23(24)25)11-16(15)29(26,27)22-9-5-6-10-22/h7-8,11-13,20H,5-6,9-10H2,1-4H3. The second-order valence-electron chi connectivity index (χ2n) is 8.24. The second-order valence-corrected chi connectivity index (χ2v) is 11.0. The summed E-state index contributed by atoms with van der Waals surface area (Å²) in [4.78, 5) is 15.3. The van der Waals surface area contributed by atoms with Crippen molar-refractivity contribution in [2.45, 2.75) is 56.9 Å². The maximum atomic E-state index is 13.1. The van der Waals surface area contributed by atoms with Gasteiger partial charge in [0.25, 0.3) is 5.69 Å². The summed E-state index contributed by atoms with van der Waals surface area (Å²) in [5, 5.41) is 17.3. The first-order chi connectivity index (χ1) is 13.5. The molecule has 0 radical (unpaired) electrons. The van der Waals surface area contributed by atoms with Crippen molar-refractivity contribution in [3.63, 3.8) is 0 Å². The van der Waals surface area contributed by atoms with Crippen LogP contribution < -0.4 is 5.32 Å². The molecule has 1 unspecified atom stereocenters. The quantitative estimate of drug-likeness (QED) is 0.532. The Morgan fingerprint density at radius 2 is 1.93 bits per heavy atom. The van der Waals surface area contributed by atoms with Crippen LogP contribution >= 0.6 is 11.3 Å². The molecule has 29 heavy (non-hydrogen) atoms. The van der Waals surface area contributed by atoms with Gasteiger partial charge in [0.15, 0.2) is 0 Å². The van der Waals surface area contributed by atoms with Crippen molar-refractivity contribution in [3.05, 3.63) is 44.4 Å². The number of hydrogen-bond acceptors (Lipinski definition) is 7. The van der Waals surface area contributed by atoms with Gasteiger partial charge in [-0.15, -0.1) is 11.3 Å². The van der Waals surface area contributed by atoms with Crippen molar-refractivity contribution in [1.82, 2.24) is 9.29 Å². The molecule has 2 heterocycles. The topological polar surface area (TPSA) is 105 Å². The summed E-state index contributed by atoms with van der Waals surface area (Å²) in [6, 6.07) is 3.69. The van der Waals surface area contributed by atoms with Gasteiger partial charge < -0.3 is 5.32 Å². The Labute approximate surface area is 175 Å². The van der Waals surface area contributed by atoms with Crippen LogP contribution in [0.25, 0.3) is 0 Å². The molecule has 1 aromatic carbocycles. The van der Waals surface area contributed by atoms with E-state index in [1.165, 1.54) is 27.8 Å². The third-order valence-electron chi connectivity index (χ3n) is 4.89. The highest BCUT2D eigenvalue weighted by molar-refractivity contribution is 7.89. The lowest BCUT2D eigenvalue weighted by molar-refractivity contribution is -0.385. The van der Waals surface area contributed by atoms with E-state index in [0.29, 0.717) is 18.8 Å².